The molecule has 1 aromatic rings. The minimum Gasteiger partial charge on any atom is -0.426 e. The molecule has 5 N–H and O–H groups in total. The number of benzene rings is 1. The Morgan fingerprint density at radius 2 is 1.90 bits per heavy atom. The molecule has 0 fully saturated rings. The Kier molecular flexibility index (Phi) is 6.71. The second-order valence-corrected chi connectivity index (χ2v) is 5.45. The molecule has 0 aliphatic carbocycles. The van der Waals surface area contributed by atoms with Crippen LogP contribution in [0.1, 0.15) is 25.8 Å². The SMILES string of the molecule is CC(C)C[C@H](N)C(=O)N[C@@H](Cc1ccccc1)B(O)O. The highest BCUT2D eigenvalue weighted by atomic mass is 16.4. The fourth-order valence-corrected chi connectivity index (χ4v) is 2.00. The molecule has 0 heterocycles. The van der Waals surface area contributed by atoms with E-state index in [1.165, 1.54) is 0 Å². The molecule has 6 heteroatoms. The lowest BCUT2D eigenvalue weighted by Gasteiger charge is -2.21. The molecule has 2 atom stereocenters. The molecule has 0 saturated carbocycles. The molecule has 0 radical (unpaired) electrons. The predicted octanol–water partition coefficient (Wildman–Crippen LogP) is 0.0993. The van der Waals surface area contributed by atoms with E-state index in [4.69, 9.17) is 5.73 Å². The Balaban J connectivity index is 2.61. The molecule has 110 valence electrons. The van der Waals surface area contributed by atoms with Crippen LogP contribution in [0.2, 0.25) is 0 Å². The quantitative estimate of drug-likeness (QED) is 0.532. The van der Waals surface area contributed by atoms with E-state index < -0.39 is 19.1 Å². The van der Waals surface area contributed by atoms with Gasteiger partial charge in [0.15, 0.2) is 0 Å². The predicted molar refractivity (Wildman–Crippen MR) is 79.7 cm³/mol. The molecule has 0 aromatic heterocycles. The molecule has 5 nitrogen and oxygen atoms in total. The number of nitrogens with two attached hydrogens (primary N) is 1. The number of nitrogens with one attached hydrogen (secondary N) is 1. The summed E-state index contributed by atoms with van der Waals surface area (Å²) < 4.78 is 0. The highest BCUT2D eigenvalue weighted by molar-refractivity contribution is 6.43. The fourth-order valence-electron chi connectivity index (χ4n) is 2.00. The van der Waals surface area contributed by atoms with Crippen LogP contribution in [-0.4, -0.2) is 35.1 Å². The van der Waals surface area contributed by atoms with Gasteiger partial charge in [-0.2, -0.15) is 0 Å². The summed E-state index contributed by atoms with van der Waals surface area (Å²) in [6.45, 7) is 3.96. The van der Waals surface area contributed by atoms with Crippen LogP contribution in [0.4, 0.5) is 0 Å². The van der Waals surface area contributed by atoms with E-state index in [0.29, 0.717) is 18.8 Å². The van der Waals surface area contributed by atoms with E-state index in [1.807, 2.05) is 44.2 Å². The zero-order valence-corrected chi connectivity index (χ0v) is 12.0. The summed E-state index contributed by atoms with van der Waals surface area (Å²) in [5.74, 6) is -0.807. The summed E-state index contributed by atoms with van der Waals surface area (Å²) in [6.07, 6.45) is 0.907. The highest BCUT2D eigenvalue weighted by Gasteiger charge is 2.27. The Morgan fingerprint density at radius 3 is 2.40 bits per heavy atom. The summed E-state index contributed by atoms with van der Waals surface area (Å²) in [5, 5.41) is 21.4. The van der Waals surface area contributed by atoms with Crippen LogP contribution in [0.25, 0.3) is 0 Å². The second-order valence-electron chi connectivity index (χ2n) is 5.45. The van der Waals surface area contributed by atoms with Crippen molar-refractivity contribution >= 4 is 13.0 Å². The number of carbonyl (C=O) groups excluding carboxylic acids is 1. The van der Waals surface area contributed by atoms with Gasteiger partial charge in [0, 0.05) is 0 Å². The molecule has 1 rings (SSSR count). The van der Waals surface area contributed by atoms with Crippen molar-refractivity contribution in [3.8, 4) is 0 Å². The van der Waals surface area contributed by atoms with Crippen molar-refractivity contribution < 1.29 is 14.8 Å². The molecule has 1 amide bonds. The molecular weight excluding hydrogens is 255 g/mol. The van der Waals surface area contributed by atoms with Crippen LogP contribution in [0.3, 0.4) is 0 Å². The van der Waals surface area contributed by atoms with E-state index in [1.54, 1.807) is 0 Å². The average molecular weight is 278 g/mol. The van der Waals surface area contributed by atoms with E-state index in [-0.39, 0.29) is 5.91 Å². The van der Waals surface area contributed by atoms with Crippen molar-refractivity contribution in [3.63, 3.8) is 0 Å². The fraction of sp³-hybridized carbons (Fsp3) is 0.500. The number of carbonyl (C=O) groups is 1. The van der Waals surface area contributed by atoms with Crippen molar-refractivity contribution in [2.24, 2.45) is 11.7 Å². The molecule has 0 aliphatic rings. The van der Waals surface area contributed by atoms with Gasteiger partial charge < -0.3 is 21.1 Å². The van der Waals surface area contributed by atoms with Gasteiger partial charge in [0.2, 0.25) is 5.91 Å². The van der Waals surface area contributed by atoms with Gasteiger partial charge in [0.25, 0.3) is 0 Å². The standard InChI is InChI=1S/C14H23BN2O3/c1-10(2)8-12(16)14(18)17-13(15(19)20)9-11-6-4-3-5-7-11/h3-7,10,12-13,19-20H,8-9,16H2,1-2H3,(H,17,18)/t12-,13-/m0/s1. The normalized spacial score (nSPS) is 13.9. The Morgan fingerprint density at radius 1 is 1.30 bits per heavy atom. The maximum atomic E-state index is 11.9. The molecule has 0 bridgehead atoms. The first-order valence-corrected chi connectivity index (χ1v) is 6.86. The zero-order chi connectivity index (χ0) is 15.1. The van der Waals surface area contributed by atoms with Crippen molar-refractivity contribution in [2.75, 3.05) is 0 Å². The molecule has 0 spiro atoms. The minimum atomic E-state index is -1.62. The van der Waals surface area contributed by atoms with E-state index in [2.05, 4.69) is 5.32 Å². The lowest BCUT2D eigenvalue weighted by atomic mass is 9.75. The molecular formula is C14H23BN2O3. The van der Waals surface area contributed by atoms with Crippen molar-refractivity contribution in [1.82, 2.24) is 5.32 Å². The molecule has 20 heavy (non-hydrogen) atoms. The summed E-state index contributed by atoms with van der Waals surface area (Å²) in [5.41, 5.74) is 6.70. The summed E-state index contributed by atoms with van der Waals surface area (Å²) >= 11 is 0. The summed E-state index contributed by atoms with van der Waals surface area (Å²) in [6, 6.07) is 8.72. The van der Waals surface area contributed by atoms with Crippen molar-refractivity contribution in [1.29, 1.82) is 0 Å². The number of rotatable bonds is 7. The van der Waals surface area contributed by atoms with Crippen molar-refractivity contribution in [3.05, 3.63) is 35.9 Å². The van der Waals surface area contributed by atoms with Crippen LogP contribution in [0.5, 0.6) is 0 Å². The van der Waals surface area contributed by atoms with Crippen LogP contribution in [0, 0.1) is 5.92 Å². The average Bonchev–Trinajstić information content (AvgIpc) is 2.38. The van der Waals surface area contributed by atoms with E-state index in [0.717, 1.165) is 5.56 Å². The lowest BCUT2D eigenvalue weighted by molar-refractivity contribution is -0.123. The largest absolute Gasteiger partial charge is 0.475 e. The number of hydrogen-bond acceptors (Lipinski definition) is 4. The maximum absolute atomic E-state index is 11.9. The number of amides is 1. The van der Waals surface area contributed by atoms with Gasteiger partial charge in [0.1, 0.15) is 0 Å². The van der Waals surface area contributed by atoms with Crippen LogP contribution >= 0.6 is 0 Å². The van der Waals surface area contributed by atoms with Gasteiger partial charge in [-0.3, -0.25) is 4.79 Å². The van der Waals surface area contributed by atoms with Crippen LogP contribution in [0.15, 0.2) is 30.3 Å². The maximum Gasteiger partial charge on any atom is 0.475 e. The van der Waals surface area contributed by atoms with Gasteiger partial charge in [-0.1, -0.05) is 44.2 Å². The molecule has 0 saturated heterocycles. The summed E-state index contributed by atoms with van der Waals surface area (Å²) in [4.78, 5) is 11.9. The van der Waals surface area contributed by atoms with Gasteiger partial charge >= 0.3 is 7.12 Å². The van der Waals surface area contributed by atoms with Gasteiger partial charge in [-0.15, -0.1) is 0 Å². The third-order valence-corrected chi connectivity index (χ3v) is 3.05. The zero-order valence-electron chi connectivity index (χ0n) is 12.0. The third-order valence-electron chi connectivity index (χ3n) is 3.05. The molecule has 0 aliphatic heterocycles. The highest BCUT2D eigenvalue weighted by Crippen LogP contribution is 2.06. The minimum absolute atomic E-state index is 0.308. The van der Waals surface area contributed by atoms with Gasteiger partial charge in [-0.05, 0) is 24.3 Å². The first-order chi connectivity index (χ1) is 9.40. The second kappa shape index (κ2) is 8.04. The van der Waals surface area contributed by atoms with Crippen LogP contribution < -0.4 is 11.1 Å². The van der Waals surface area contributed by atoms with Crippen LogP contribution in [-0.2, 0) is 11.2 Å². The first kappa shape index (κ1) is 16.7. The Bertz CT molecular complexity index is 412. The third kappa shape index (κ3) is 5.73. The van der Waals surface area contributed by atoms with E-state index >= 15 is 0 Å². The molecule has 0 unspecified atom stereocenters. The Labute approximate surface area is 120 Å². The summed E-state index contributed by atoms with van der Waals surface area (Å²) in [7, 11) is -1.62. The number of hydrogen-bond donors (Lipinski definition) is 4. The van der Waals surface area contributed by atoms with Gasteiger partial charge in [-0.25, -0.2) is 0 Å². The van der Waals surface area contributed by atoms with Crippen molar-refractivity contribution in [2.45, 2.75) is 38.7 Å². The smallest absolute Gasteiger partial charge is 0.426 e. The Hall–Kier alpha value is -1.37. The first-order valence-electron chi connectivity index (χ1n) is 6.86. The monoisotopic (exact) mass is 278 g/mol. The lowest BCUT2D eigenvalue weighted by Crippen LogP contribution is -2.53. The van der Waals surface area contributed by atoms with E-state index in [9.17, 15) is 14.8 Å². The molecule has 1 aromatic carbocycles. The van der Waals surface area contributed by atoms with Gasteiger partial charge in [0.05, 0.1) is 12.0 Å². The topological polar surface area (TPSA) is 95.6 Å².